The lowest BCUT2D eigenvalue weighted by Crippen LogP contribution is -2.15. The molecule has 1 aromatic carbocycles. The molecule has 0 bridgehead atoms. The SMILES string of the molecule is Cl.NCC(=CF)CS(=O)(=O)c1ccc(C(=O)O)cc1. The molecule has 0 atom stereocenters. The van der Waals surface area contributed by atoms with Gasteiger partial charge < -0.3 is 10.8 Å². The van der Waals surface area contributed by atoms with Crippen LogP contribution in [0.15, 0.2) is 41.1 Å². The summed E-state index contributed by atoms with van der Waals surface area (Å²) >= 11 is 0. The average Bonchev–Trinajstić information content (AvgIpc) is 2.36. The first-order chi connectivity index (χ1) is 8.40. The van der Waals surface area contributed by atoms with Crippen LogP contribution in [0.25, 0.3) is 0 Å². The summed E-state index contributed by atoms with van der Waals surface area (Å²) in [5.41, 5.74) is 5.12. The zero-order valence-corrected chi connectivity index (χ0v) is 11.4. The standard InChI is InChI=1S/C11H12FNO4S.ClH/c12-5-8(6-13)7-18(16,17)10-3-1-9(2-4-10)11(14)15;/h1-5H,6-7,13H2,(H,14,15);1H. The van der Waals surface area contributed by atoms with Gasteiger partial charge in [0.25, 0.3) is 0 Å². The first-order valence-corrected chi connectivity index (χ1v) is 6.60. The Kier molecular flexibility index (Phi) is 6.68. The molecule has 0 saturated carbocycles. The van der Waals surface area contributed by atoms with Crippen LogP contribution >= 0.6 is 12.4 Å². The van der Waals surface area contributed by atoms with Crippen molar-refractivity contribution >= 4 is 28.2 Å². The Morgan fingerprint density at radius 2 is 1.84 bits per heavy atom. The van der Waals surface area contributed by atoms with E-state index in [0.717, 1.165) is 0 Å². The maximum absolute atomic E-state index is 12.3. The van der Waals surface area contributed by atoms with Crippen molar-refractivity contribution in [1.29, 1.82) is 0 Å². The summed E-state index contributed by atoms with van der Waals surface area (Å²) < 4.78 is 36.0. The minimum atomic E-state index is -3.71. The van der Waals surface area contributed by atoms with Gasteiger partial charge in [0.05, 0.1) is 22.5 Å². The monoisotopic (exact) mass is 309 g/mol. The van der Waals surface area contributed by atoms with E-state index in [-0.39, 0.29) is 41.3 Å². The summed E-state index contributed by atoms with van der Waals surface area (Å²) in [5.74, 6) is -1.67. The number of rotatable bonds is 5. The van der Waals surface area contributed by atoms with E-state index in [2.05, 4.69) is 0 Å². The van der Waals surface area contributed by atoms with Gasteiger partial charge in [-0.25, -0.2) is 17.6 Å². The van der Waals surface area contributed by atoms with Gasteiger partial charge in [0.1, 0.15) is 0 Å². The van der Waals surface area contributed by atoms with E-state index in [0.29, 0.717) is 0 Å². The lowest BCUT2D eigenvalue weighted by Gasteiger charge is -2.05. The number of hydrogen-bond acceptors (Lipinski definition) is 4. The molecular weight excluding hydrogens is 297 g/mol. The van der Waals surface area contributed by atoms with Gasteiger partial charge >= 0.3 is 5.97 Å². The molecule has 0 saturated heterocycles. The smallest absolute Gasteiger partial charge is 0.335 e. The molecule has 0 unspecified atom stereocenters. The lowest BCUT2D eigenvalue weighted by atomic mass is 10.2. The minimum absolute atomic E-state index is 0. The highest BCUT2D eigenvalue weighted by Crippen LogP contribution is 2.15. The number of aromatic carboxylic acids is 1. The first kappa shape index (κ1) is 17.6. The number of nitrogens with two attached hydrogens (primary N) is 1. The van der Waals surface area contributed by atoms with Crippen LogP contribution < -0.4 is 5.73 Å². The fraction of sp³-hybridized carbons (Fsp3) is 0.182. The third-order valence-electron chi connectivity index (χ3n) is 2.25. The van der Waals surface area contributed by atoms with Crippen molar-refractivity contribution in [3.63, 3.8) is 0 Å². The Morgan fingerprint density at radius 1 is 1.32 bits per heavy atom. The average molecular weight is 310 g/mol. The Labute approximate surface area is 116 Å². The molecule has 0 aliphatic rings. The number of halogens is 2. The minimum Gasteiger partial charge on any atom is -0.478 e. The molecular formula is C11H13ClFNO4S. The molecule has 0 radical (unpaired) electrons. The normalized spacial score (nSPS) is 11.8. The molecule has 1 rings (SSSR count). The predicted molar refractivity (Wildman–Crippen MR) is 70.9 cm³/mol. The summed E-state index contributed by atoms with van der Waals surface area (Å²) in [6.07, 6.45) is 0.170. The van der Waals surface area contributed by atoms with Gasteiger partial charge in [0.2, 0.25) is 0 Å². The van der Waals surface area contributed by atoms with Crippen LogP contribution in [0.3, 0.4) is 0 Å². The molecule has 0 amide bonds. The van der Waals surface area contributed by atoms with Crippen molar-refractivity contribution in [1.82, 2.24) is 0 Å². The Hall–Kier alpha value is -1.44. The van der Waals surface area contributed by atoms with Crippen molar-refractivity contribution in [3.05, 3.63) is 41.7 Å². The predicted octanol–water partition coefficient (Wildman–Crippen LogP) is 1.39. The van der Waals surface area contributed by atoms with E-state index in [1.165, 1.54) is 24.3 Å². The van der Waals surface area contributed by atoms with E-state index in [4.69, 9.17) is 10.8 Å². The van der Waals surface area contributed by atoms with Crippen LogP contribution in [-0.4, -0.2) is 31.8 Å². The molecule has 8 heteroatoms. The van der Waals surface area contributed by atoms with E-state index in [1.54, 1.807) is 0 Å². The maximum Gasteiger partial charge on any atom is 0.335 e. The maximum atomic E-state index is 12.3. The summed E-state index contributed by atoms with van der Waals surface area (Å²) in [6, 6.07) is 4.70. The second-order valence-electron chi connectivity index (χ2n) is 3.56. The van der Waals surface area contributed by atoms with Crippen molar-refractivity contribution in [2.24, 2.45) is 5.73 Å². The molecule has 1 aromatic rings. The molecule has 0 spiro atoms. The van der Waals surface area contributed by atoms with Crippen LogP contribution in [0, 0.1) is 0 Å². The molecule has 0 fully saturated rings. The van der Waals surface area contributed by atoms with Crippen molar-refractivity contribution in [3.8, 4) is 0 Å². The first-order valence-electron chi connectivity index (χ1n) is 4.95. The summed E-state index contributed by atoms with van der Waals surface area (Å²) in [7, 11) is -3.71. The van der Waals surface area contributed by atoms with Gasteiger partial charge in [-0.3, -0.25) is 0 Å². The Balaban J connectivity index is 0.00000324. The van der Waals surface area contributed by atoms with Crippen LogP contribution in [0.2, 0.25) is 0 Å². The Bertz CT molecular complexity index is 569. The molecule has 0 aliphatic carbocycles. The van der Waals surface area contributed by atoms with E-state index in [9.17, 15) is 17.6 Å². The lowest BCUT2D eigenvalue weighted by molar-refractivity contribution is 0.0696. The number of hydrogen-bond donors (Lipinski definition) is 2. The topological polar surface area (TPSA) is 97.5 Å². The number of benzene rings is 1. The van der Waals surface area contributed by atoms with Gasteiger partial charge in [-0.15, -0.1) is 12.4 Å². The van der Waals surface area contributed by atoms with Crippen LogP contribution in [0.1, 0.15) is 10.4 Å². The number of carboxylic acids is 1. The van der Waals surface area contributed by atoms with Crippen LogP contribution in [0.4, 0.5) is 4.39 Å². The highest BCUT2D eigenvalue weighted by molar-refractivity contribution is 7.91. The quantitative estimate of drug-likeness (QED) is 0.856. The molecule has 0 aromatic heterocycles. The largest absolute Gasteiger partial charge is 0.478 e. The van der Waals surface area contributed by atoms with E-state index < -0.39 is 21.6 Å². The third-order valence-corrected chi connectivity index (χ3v) is 3.99. The molecule has 19 heavy (non-hydrogen) atoms. The molecule has 106 valence electrons. The summed E-state index contributed by atoms with van der Waals surface area (Å²) in [5, 5.41) is 8.68. The summed E-state index contributed by atoms with van der Waals surface area (Å²) in [6.45, 7) is -0.192. The summed E-state index contributed by atoms with van der Waals surface area (Å²) in [4.78, 5) is 10.5. The van der Waals surface area contributed by atoms with E-state index >= 15 is 0 Å². The van der Waals surface area contributed by atoms with Gasteiger partial charge in [-0.1, -0.05) is 0 Å². The number of carboxylic acid groups (broad SMARTS) is 1. The second-order valence-corrected chi connectivity index (χ2v) is 5.55. The van der Waals surface area contributed by atoms with E-state index in [1.807, 2.05) is 0 Å². The number of sulfone groups is 1. The fourth-order valence-electron chi connectivity index (χ4n) is 1.27. The molecule has 5 nitrogen and oxygen atoms in total. The van der Waals surface area contributed by atoms with Crippen molar-refractivity contribution in [2.75, 3.05) is 12.3 Å². The molecule has 0 heterocycles. The number of carbonyl (C=O) groups is 1. The second kappa shape index (κ2) is 7.22. The Morgan fingerprint density at radius 3 is 2.21 bits per heavy atom. The molecule has 3 N–H and O–H groups in total. The zero-order valence-electron chi connectivity index (χ0n) is 9.74. The van der Waals surface area contributed by atoms with Crippen molar-refractivity contribution in [2.45, 2.75) is 4.90 Å². The molecule has 0 aliphatic heterocycles. The zero-order chi connectivity index (χ0) is 13.8. The highest BCUT2D eigenvalue weighted by atomic mass is 35.5. The van der Waals surface area contributed by atoms with Crippen LogP contribution in [0.5, 0.6) is 0 Å². The van der Waals surface area contributed by atoms with Gasteiger partial charge in [0.15, 0.2) is 9.84 Å². The highest BCUT2D eigenvalue weighted by Gasteiger charge is 2.17. The van der Waals surface area contributed by atoms with Gasteiger partial charge in [-0.05, 0) is 29.8 Å². The van der Waals surface area contributed by atoms with Crippen molar-refractivity contribution < 1.29 is 22.7 Å². The van der Waals surface area contributed by atoms with Gasteiger partial charge in [0, 0.05) is 6.54 Å². The van der Waals surface area contributed by atoms with Crippen LogP contribution in [-0.2, 0) is 9.84 Å². The fourth-order valence-corrected chi connectivity index (χ4v) is 2.65. The van der Waals surface area contributed by atoms with Gasteiger partial charge in [-0.2, -0.15) is 0 Å². The third kappa shape index (κ3) is 4.62.